The minimum absolute atomic E-state index is 0.0876. The van der Waals surface area contributed by atoms with E-state index < -0.39 is 5.82 Å². The smallest absolute Gasteiger partial charge is 0.319 e. The van der Waals surface area contributed by atoms with Crippen molar-refractivity contribution in [1.29, 1.82) is 0 Å². The zero-order valence-corrected chi connectivity index (χ0v) is 27.9. The van der Waals surface area contributed by atoms with Crippen LogP contribution in [0, 0.1) is 12.7 Å². The standard InChI is InChI=1S/C36H37ClFN7O3/c1-4-36(15-7-16-40-36)21-48-35-42-33-26(18-39-32(31(33)38)25-10-5-8-23-9-6-11-27(37)30(23)25)34(43-35)44(3)24-14-17-45(19-24)29(46)13-12-28-41-22(2)20-47-28/h5-6,8-13,18,20,24,40H,4,7,14-17,19,21H2,1-3H3/b13-12+. The number of halogens is 2. The molecule has 1 amide bonds. The van der Waals surface area contributed by atoms with Crippen LogP contribution in [0.5, 0.6) is 6.01 Å². The summed E-state index contributed by atoms with van der Waals surface area (Å²) in [7, 11) is 1.90. The highest BCUT2D eigenvalue weighted by atomic mass is 35.5. The van der Waals surface area contributed by atoms with Crippen LogP contribution in [0.4, 0.5) is 10.2 Å². The third-order valence-electron chi connectivity index (χ3n) is 9.60. The van der Waals surface area contributed by atoms with Gasteiger partial charge < -0.3 is 24.3 Å². The predicted molar refractivity (Wildman–Crippen MR) is 185 cm³/mol. The fraction of sp³-hybridized carbons (Fsp3) is 0.361. The molecule has 2 aliphatic heterocycles. The maximum atomic E-state index is 16.7. The molecule has 0 saturated carbocycles. The van der Waals surface area contributed by atoms with E-state index in [2.05, 4.69) is 27.2 Å². The van der Waals surface area contributed by atoms with Gasteiger partial charge >= 0.3 is 6.01 Å². The van der Waals surface area contributed by atoms with Gasteiger partial charge in [-0.3, -0.25) is 9.78 Å². The second-order valence-electron chi connectivity index (χ2n) is 12.6. The predicted octanol–water partition coefficient (Wildman–Crippen LogP) is 6.60. The third-order valence-corrected chi connectivity index (χ3v) is 9.92. The summed E-state index contributed by atoms with van der Waals surface area (Å²) >= 11 is 6.62. The summed E-state index contributed by atoms with van der Waals surface area (Å²) in [5.74, 6) is 0.143. The maximum Gasteiger partial charge on any atom is 0.319 e. The number of pyridine rings is 1. The lowest BCUT2D eigenvalue weighted by molar-refractivity contribution is -0.124. The average molecular weight is 670 g/mol. The van der Waals surface area contributed by atoms with Crippen molar-refractivity contribution in [2.45, 2.75) is 51.1 Å². The number of benzene rings is 2. The van der Waals surface area contributed by atoms with Gasteiger partial charge in [-0.1, -0.05) is 48.9 Å². The van der Waals surface area contributed by atoms with Crippen LogP contribution in [0.25, 0.3) is 39.0 Å². The molecule has 2 atom stereocenters. The number of anilines is 1. The number of likely N-dealkylation sites (N-methyl/N-ethyl adjacent to an activating group) is 1. The van der Waals surface area contributed by atoms with Crippen molar-refractivity contribution in [3.8, 4) is 17.3 Å². The number of aryl methyl sites for hydroxylation is 1. The number of fused-ring (bicyclic) bond motifs is 2. The summed E-state index contributed by atoms with van der Waals surface area (Å²) in [5.41, 5.74) is 1.39. The number of hydrogen-bond acceptors (Lipinski definition) is 9. The first-order valence-electron chi connectivity index (χ1n) is 16.3. The Morgan fingerprint density at radius 3 is 2.83 bits per heavy atom. The highest BCUT2D eigenvalue weighted by molar-refractivity contribution is 6.36. The van der Waals surface area contributed by atoms with Gasteiger partial charge in [0.15, 0.2) is 5.82 Å². The minimum Gasteiger partial charge on any atom is -0.461 e. The van der Waals surface area contributed by atoms with Crippen molar-refractivity contribution in [3.05, 3.63) is 77.4 Å². The molecular formula is C36H37ClFN7O3. The molecule has 1 N–H and O–H groups in total. The van der Waals surface area contributed by atoms with E-state index in [0.717, 1.165) is 42.3 Å². The number of nitrogens with zero attached hydrogens (tertiary/aromatic N) is 6. The van der Waals surface area contributed by atoms with E-state index in [1.54, 1.807) is 29.5 Å². The van der Waals surface area contributed by atoms with Crippen molar-refractivity contribution >= 4 is 51.1 Å². The first kappa shape index (κ1) is 32.0. The minimum atomic E-state index is -0.582. The molecule has 2 aromatic carbocycles. The van der Waals surface area contributed by atoms with Crippen molar-refractivity contribution in [3.63, 3.8) is 0 Å². The molecule has 0 radical (unpaired) electrons. The second-order valence-corrected chi connectivity index (χ2v) is 13.0. The van der Waals surface area contributed by atoms with Crippen LogP contribution >= 0.6 is 11.6 Å². The lowest BCUT2D eigenvalue weighted by Crippen LogP contribution is -2.44. The fourth-order valence-electron chi connectivity index (χ4n) is 6.76. The Kier molecular flexibility index (Phi) is 8.74. The molecule has 0 aliphatic carbocycles. The SMILES string of the molecule is CCC1(COc2nc(N(C)C3CCN(C(=O)/C=C/c4nc(C)co4)C3)c3cnc(-c4cccc5cccc(Cl)c45)c(F)c3n2)CCCN1. The normalized spacial score (nSPS) is 19.6. The number of nitrogens with one attached hydrogen (secondary N) is 1. The van der Waals surface area contributed by atoms with Crippen LogP contribution in [0.2, 0.25) is 5.02 Å². The van der Waals surface area contributed by atoms with Gasteiger partial charge in [-0.25, -0.2) is 9.37 Å². The van der Waals surface area contributed by atoms with Crippen LogP contribution < -0.4 is 15.0 Å². The van der Waals surface area contributed by atoms with Crippen molar-refractivity contribution < 1.29 is 18.3 Å². The fourth-order valence-corrected chi connectivity index (χ4v) is 7.05. The van der Waals surface area contributed by atoms with Crippen LogP contribution in [-0.2, 0) is 4.79 Å². The van der Waals surface area contributed by atoms with Crippen LogP contribution in [0.15, 0.2) is 59.4 Å². The van der Waals surface area contributed by atoms with Gasteiger partial charge in [0, 0.05) is 60.5 Å². The van der Waals surface area contributed by atoms with E-state index >= 15 is 4.39 Å². The summed E-state index contributed by atoms with van der Waals surface area (Å²) in [5, 5.41) is 6.13. The molecule has 10 nitrogen and oxygen atoms in total. The molecule has 3 aromatic heterocycles. The van der Waals surface area contributed by atoms with Gasteiger partial charge in [0.1, 0.15) is 29.9 Å². The molecule has 2 unspecified atom stereocenters. The molecule has 7 rings (SSSR count). The Hall–Kier alpha value is -4.61. The molecule has 2 aliphatic rings. The van der Waals surface area contributed by atoms with Gasteiger partial charge in [-0.05, 0) is 50.6 Å². The molecule has 12 heteroatoms. The van der Waals surface area contributed by atoms with Crippen molar-refractivity contribution in [2.24, 2.45) is 0 Å². The van der Waals surface area contributed by atoms with E-state index in [9.17, 15) is 4.79 Å². The molecule has 48 heavy (non-hydrogen) atoms. The lowest BCUT2D eigenvalue weighted by Gasteiger charge is -2.29. The lowest BCUT2D eigenvalue weighted by atomic mass is 9.96. The first-order chi connectivity index (χ1) is 23.2. The van der Waals surface area contributed by atoms with E-state index in [1.165, 1.54) is 6.08 Å². The zero-order valence-electron chi connectivity index (χ0n) is 27.2. The average Bonchev–Trinajstić information content (AvgIpc) is 3.88. The molecule has 248 valence electrons. The Morgan fingerprint density at radius 2 is 2.08 bits per heavy atom. The maximum absolute atomic E-state index is 16.7. The number of rotatable bonds is 9. The monoisotopic (exact) mass is 669 g/mol. The summed E-state index contributed by atoms with van der Waals surface area (Å²) < 4.78 is 28.3. The number of carbonyl (C=O) groups excluding carboxylic acids is 1. The molecular weight excluding hydrogens is 633 g/mol. The topological polar surface area (TPSA) is 110 Å². The number of ether oxygens (including phenoxy) is 1. The van der Waals surface area contributed by atoms with Gasteiger partial charge in [-0.2, -0.15) is 9.97 Å². The Morgan fingerprint density at radius 1 is 1.25 bits per heavy atom. The molecule has 0 bridgehead atoms. The molecule has 5 aromatic rings. The second kappa shape index (κ2) is 13.1. The number of likely N-dealkylation sites (tertiary alicyclic amines) is 1. The first-order valence-corrected chi connectivity index (χ1v) is 16.7. The van der Waals surface area contributed by atoms with Gasteiger partial charge in [0.25, 0.3) is 0 Å². The van der Waals surface area contributed by atoms with E-state index in [0.29, 0.717) is 53.8 Å². The summed E-state index contributed by atoms with van der Waals surface area (Å²) in [4.78, 5) is 35.1. The Bertz CT molecular complexity index is 2020. The van der Waals surface area contributed by atoms with Gasteiger partial charge in [0.05, 0.1) is 16.6 Å². The highest BCUT2D eigenvalue weighted by Gasteiger charge is 2.34. The number of aromatic nitrogens is 4. The van der Waals surface area contributed by atoms with E-state index in [1.807, 2.05) is 49.2 Å². The van der Waals surface area contributed by atoms with Gasteiger partial charge in [-0.15, -0.1) is 0 Å². The summed E-state index contributed by atoms with van der Waals surface area (Å²) in [6, 6.07) is 11.2. The van der Waals surface area contributed by atoms with Gasteiger partial charge in [0.2, 0.25) is 11.8 Å². The van der Waals surface area contributed by atoms with Crippen LogP contribution in [0.1, 0.15) is 44.2 Å². The molecule has 2 saturated heterocycles. The van der Waals surface area contributed by atoms with Crippen LogP contribution in [-0.4, -0.2) is 75.6 Å². The Labute approximate surface area is 283 Å². The van der Waals surface area contributed by atoms with E-state index in [4.69, 9.17) is 25.7 Å². The van der Waals surface area contributed by atoms with E-state index in [-0.39, 0.29) is 34.7 Å². The number of amides is 1. The third kappa shape index (κ3) is 6.08. The number of carbonyl (C=O) groups is 1. The van der Waals surface area contributed by atoms with Crippen LogP contribution in [0.3, 0.4) is 0 Å². The largest absolute Gasteiger partial charge is 0.461 e. The number of hydrogen-bond donors (Lipinski definition) is 1. The summed E-state index contributed by atoms with van der Waals surface area (Å²) in [6.45, 7) is 6.24. The number of oxazole rings is 1. The quantitative estimate of drug-likeness (QED) is 0.174. The molecule has 5 heterocycles. The van der Waals surface area contributed by atoms with Crippen molar-refractivity contribution in [2.75, 3.05) is 38.2 Å². The molecule has 2 fully saturated rings. The summed E-state index contributed by atoms with van der Waals surface area (Å²) in [6.07, 6.45) is 9.82. The highest BCUT2D eigenvalue weighted by Crippen LogP contribution is 2.38. The van der Waals surface area contributed by atoms with Crippen molar-refractivity contribution in [1.82, 2.24) is 30.2 Å². The Balaban J connectivity index is 1.24. The zero-order chi connectivity index (χ0) is 33.4. The molecule has 0 spiro atoms.